The van der Waals surface area contributed by atoms with Crippen LogP contribution in [0, 0.1) is 0 Å². The number of benzene rings is 1. The van der Waals surface area contributed by atoms with Gasteiger partial charge < -0.3 is 14.8 Å². The molecule has 0 aliphatic rings. The van der Waals surface area contributed by atoms with Crippen LogP contribution in [-0.4, -0.2) is 36.5 Å². The minimum Gasteiger partial charge on any atom is -0.497 e. The number of hydrogen-bond donors (Lipinski definition) is 1. The Morgan fingerprint density at radius 1 is 1.32 bits per heavy atom. The molecule has 2 unspecified atom stereocenters. The molecule has 0 heterocycles. The summed E-state index contributed by atoms with van der Waals surface area (Å²) in [6.45, 7) is 3.55. The number of ether oxygens (including phenoxy) is 2. The topological polar surface area (TPSA) is 47.6 Å². The number of hydrogen-bond acceptors (Lipinski definition) is 4. The van der Waals surface area contributed by atoms with Gasteiger partial charge in [-0.25, -0.2) is 0 Å². The molecule has 1 N–H and O–H groups in total. The molecular weight excluding hydrogens is 262 g/mol. The average Bonchev–Trinajstić information content (AvgIpc) is 2.42. The van der Waals surface area contributed by atoms with Gasteiger partial charge in [0.25, 0.3) is 0 Å². The second-order valence-electron chi connectivity index (χ2n) is 4.45. The number of methoxy groups -OCH3 is 2. The molecule has 0 amide bonds. The Bertz CT molecular complexity index is 423. The van der Waals surface area contributed by atoms with Crippen LogP contribution in [0.4, 0.5) is 0 Å². The van der Waals surface area contributed by atoms with Gasteiger partial charge in [0.1, 0.15) is 11.5 Å². The fourth-order valence-electron chi connectivity index (χ4n) is 1.71. The highest BCUT2D eigenvalue weighted by atomic mass is 32.2. The Kier molecular flexibility index (Phi) is 6.87. The van der Waals surface area contributed by atoms with Crippen molar-refractivity contribution < 1.29 is 13.7 Å². The molecule has 0 saturated heterocycles. The third-order valence-corrected chi connectivity index (χ3v) is 4.47. The quantitative estimate of drug-likeness (QED) is 0.742. The van der Waals surface area contributed by atoms with Crippen molar-refractivity contribution in [3.8, 4) is 11.5 Å². The van der Waals surface area contributed by atoms with Crippen LogP contribution in [0.5, 0.6) is 11.5 Å². The van der Waals surface area contributed by atoms with Crippen LogP contribution in [0.25, 0.3) is 0 Å². The molecule has 0 aromatic heterocycles. The fourth-order valence-corrected chi connectivity index (χ4v) is 2.16. The minimum atomic E-state index is -0.754. The first-order valence-electron chi connectivity index (χ1n) is 6.32. The lowest BCUT2D eigenvalue weighted by molar-refractivity contribution is 0.397. The van der Waals surface area contributed by atoms with E-state index in [9.17, 15) is 4.21 Å². The maximum Gasteiger partial charge on any atom is 0.123 e. The van der Waals surface area contributed by atoms with E-state index >= 15 is 0 Å². The molecule has 1 aromatic rings. The van der Waals surface area contributed by atoms with Gasteiger partial charge in [0.2, 0.25) is 0 Å². The summed E-state index contributed by atoms with van der Waals surface area (Å²) < 4.78 is 21.8. The van der Waals surface area contributed by atoms with Gasteiger partial charge in [-0.3, -0.25) is 4.21 Å². The first-order valence-corrected chi connectivity index (χ1v) is 7.94. The summed E-state index contributed by atoms with van der Waals surface area (Å²) in [5.74, 6) is 1.67. The van der Waals surface area contributed by atoms with Gasteiger partial charge in [-0.2, -0.15) is 0 Å². The molecule has 19 heavy (non-hydrogen) atoms. The fraction of sp³-hybridized carbons (Fsp3) is 0.571. The lowest BCUT2D eigenvalue weighted by Gasteiger charge is -2.12. The van der Waals surface area contributed by atoms with E-state index in [0.717, 1.165) is 30.0 Å². The predicted molar refractivity (Wildman–Crippen MR) is 79.4 cm³/mol. The zero-order valence-electron chi connectivity index (χ0n) is 12.1. The van der Waals surface area contributed by atoms with Crippen LogP contribution < -0.4 is 14.8 Å². The normalized spacial score (nSPS) is 13.9. The first-order chi connectivity index (χ1) is 9.08. The minimum absolute atomic E-state index is 0.222. The standard InChI is InChI=1S/C14H23NO3S/c1-11(19(4)16)7-8-15-10-12-9-13(17-2)5-6-14(12)18-3/h5-6,9,11,15H,7-8,10H2,1-4H3. The van der Waals surface area contributed by atoms with Crippen LogP contribution in [0.2, 0.25) is 0 Å². The average molecular weight is 285 g/mol. The zero-order valence-corrected chi connectivity index (χ0v) is 12.9. The van der Waals surface area contributed by atoms with Crippen LogP contribution >= 0.6 is 0 Å². The van der Waals surface area contributed by atoms with E-state index in [2.05, 4.69) is 5.32 Å². The summed E-state index contributed by atoms with van der Waals surface area (Å²) in [7, 11) is 2.56. The molecule has 1 rings (SSSR count). The molecule has 5 heteroatoms. The molecule has 0 aliphatic carbocycles. The molecular formula is C14H23NO3S. The SMILES string of the molecule is COc1ccc(OC)c(CNCCC(C)S(C)=O)c1. The van der Waals surface area contributed by atoms with E-state index in [1.807, 2.05) is 25.1 Å². The van der Waals surface area contributed by atoms with Gasteiger partial charge in [0.15, 0.2) is 0 Å². The first kappa shape index (κ1) is 16.0. The van der Waals surface area contributed by atoms with Gasteiger partial charge >= 0.3 is 0 Å². The van der Waals surface area contributed by atoms with E-state index in [1.54, 1.807) is 20.5 Å². The Hall–Kier alpha value is -1.07. The number of rotatable bonds is 8. The molecule has 2 atom stereocenters. The van der Waals surface area contributed by atoms with E-state index in [4.69, 9.17) is 9.47 Å². The highest BCUT2D eigenvalue weighted by Gasteiger charge is 2.07. The van der Waals surface area contributed by atoms with E-state index in [-0.39, 0.29) is 5.25 Å². The van der Waals surface area contributed by atoms with Crippen molar-refractivity contribution in [1.82, 2.24) is 5.32 Å². The lowest BCUT2D eigenvalue weighted by atomic mass is 10.2. The molecule has 0 bridgehead atoms. The summed E-state index contributed by atoms with van der Waals surface area (Å²) in [6.07, 6.45) is 2.64. The molecule has 1 aromatic carbocycles. The Morgan fingerprint density at radius 3 is 2.63 bits per heavy atom. The van der Waals surface area contributed by atoms with Crippen molar-refractivity contribution in [2.45, 2.75) is 25.1 Å². The highest BCUT2D eigenvalue weighted by molar-refractivity contribution is 7.84. The number of nitrogens with one attached hydrogen (secondary N) is 1. The Labute approximate surface area is 118 Å². The highest BCUT2D eigenvalue weighted by Crippen LogP contribution is 2.23. The monoisotopic (exact) mass is 285 g/mol. The molecule has 0 spiro atoms. The summed E-state index contributed by atoms with van der Waals surface area (Å²) in [5, 5.41) is 3.57. The molecule has 108 valence electrons. The Balaban J connectivity index is 2.50. The van der Waals surface area contributed by atoms with E-state index < -0.39 is 10.8 Å². The van der Waals surface area contributed by atoms with Crippen molar-refractivity contribution in [3.63, 3.8) is 0 Å². The maximum absolute atomic E-state index is 11.2. The van der Waals surface area contributed by atoms with Crippen LogP contribution in [-0.2, 0) is 17.3 Å². The van der Waals surface area contributed by atoms with Gasteiger partial charge in [0, 0.05) is 34.4 Å². The van der Waals surface area contributed by atoms with Crippen molar-refractivity contribution in [2.75, 3.05) is 27.0 Å². The molecule has 0 aliphatic heterocycles. The van der Waals surface area contributed by atoms with Gasteiger partial charge in [0.05, 0.1) is 14.2 Å². The van der Waals surface area contributed by atoms with Gasteiger partial charge in [-0.05, 0) is 31.2 Å². The van der Waals surface area contributed by atoms with Crippen LogP contribution in [0.1, 0.15) is 18.9 Å². The zero-order chi connectivity index (χ0) is 14.3. The van der Waals surface area contributed by atoms with Gasteiger partial charge in [-0.1, -0.05) is 6.92 Å². The smallest absolute Gasteiger partial charge is 0.123 e. The largest absolute Gasteiger partial charge is 0.497 e. The summed E-state index contributed by atoms with van der Waals surface area (Å²) >= 11 is 0. The summed E-state index contributed by atoms with van der Waals surface area (Å²) in [5.41, 5.74) is 1.06. The Morgan fingerprint density at radius 2 is 2.05 bits per heavy atom. The molecule has 0 radical (unpaired) electrons. The predicted octanol–water partition coefficient (Wildman–Crippen LogP) is 1.95. The second kappa shape index (κ2) is 8.17. The summed E-state index contributed by atoms with van der Waals surface area (Å²) in [6, 6.07) is 5.75. The molecule has 4 nitrogen and oxygen atoms in total. The third-order valence-electron chi connectivity index (χ3n) is 3.10. The second-order valence-corrected chi connectivity index (χ2v) is 6.25. The van der Waals surface area contributed by atoms with Crippen LogP contribution in [0.3, 0.4) is 0 Å². The summed E-state index contributed by atoms with van der Waals surface area (Å²) in [4.78, 5) is 0. The third kappa shape index (κ3) is 5.20. The van der Waals surface area contributed by atoms with Crippen LogP contribution in [0.15, 0.2) is 18.2 Å². The van der Waals surface area contributed by atoms with Crippen molar-refractivity contribution in [1.29, 1.82) is 0 Å². The molecule has 0 saturated carbocycles. The maximum atomic E-state index is 11.2. The van der Waals surface area contributed by atoms with E-state index in [0.29, 0.717) is 6.54 Å². The van der Waals surface area contributed by atoms with Crippen molar-refractivity contribution >= 4 is 10.8 Å². The van der Waals surface area contributed by atoms with Gasteiger partial charge in [-0.15, -0.1) is 0 Å². The lowest BCUT2D eigenvalue weighted by Crippen LogP contribution is -2.21. The van der Waals surface area contributed by atoms with Crippen molar-refractivity contribution in [2.24, 2.45) is 0 Å². The van der Waals surface area contributed by atoms with E-state index in [1.165, 1.54) is 0 Å². The van der Waals surface area contributed by atoms with Crippen molar-refractivity contribution in [3.05, 3.63) is 23.8 Å². The molecule has 0 fully saturated rings.